The summed E-state index contributed by atoms with van der Waals surface area (Å²) in [7, 11) is 1.99. The van der Waals surface area contributed by atoms with Crippen molar-refractivity contribution in [2.45, 2.75) is 40.2 Å². The standard InChI is InChI=1S/C12H22BrN3/c1-9(2)6-5-7-14-8-11-12(13)10(3)15-16(11)4/h9,14H,5-8H2,1-4H3. The molecular formula is C12H22BrN3. The van der Waals surface area contributed by atoms with E-state index >= 15 is 0 Å². The number of hydrogen-bond acceptors (Lipinski definition) is 2. The first-order valence-electron chi connectivity index (χ1n) is 5.91. The smallest absolute Gasteiger partial charge is 0.0739 e. The number of nitrogens with zero attached hydrogens (tertiary/aromatic N) is 2. The van der Waals surface area contributed by atoms with Gasteiger partial charge in [-0.2, -0.15) is 5.10 Å². The van der Waals surface area contributed by atoms with Gasteiger partial charge in [-0.25, -0.2) is 0 Å². The van der Waals surface area contributed by atoms with Crippen LogP contribution in [0.2, 0.25) is 0 Å². The van der Waals surface area contributed by atoms with E-state index in [1.807, 2.05) is 18.7 Å². The van der Waals surface area contributed by atoms with E-state index in [0.29, 0.717) is 0 Å². The third-order valence-corrected chi connectivity index (χ3v) is 3.72. The summed E-state index contributed by atoms with van der Waals surface area (Å²) in [4.78, 5) is 0. The Bertz CT molecular complexity index is 331. The van der Waals surface area contributed by atoms with Gasteiger partial charge in [-0.1, -0.05) is 13.8 Å². The number of rotatable bonds is 6. The predicted molar refractivity (Wildman–Crippen MR) is 71.4 cm³/mol. The van der Waals surface area contributed by atoms with Crippen LogP contribution in [0.15, 0.2) is 4.47 Å². The molecule has 1 heterocycles. The lowest BCUT2D eigenvalue weighted by Gasteiger charge is -2.07. The summed E-state index contributed by atoms with van der Waals surface area (Å²) in [6, 6.07) is 0. The first-order chi connectivity index (χ1) is 7.52. The minimum atomic E-state index is 0.799. The van der Waals surface area contributed by atoms with Crippen LogP contribution in [0.5, 0.6) is 0 Å². The van der Waals surface area contributed by atoms with Crippen LogP contribution >= 0.6 is 15.9 Å². The van der Waals surface area contributed by atoms with Crippen LogP contribution in [0.3, 0.4) is 0 Å². The molecule has 0 bridgehead atoms. The minimum Gasteiger partial charge on any atom is -0.311 e. The Morgan fingerprint density at radius 1 is 1.44 bits per heavy atom. The van der Waals surface area contributed by atoms with Crippen molar-refractivity contribution in [3.05, 3.63) is 15.9 Å². The van der Waals surface area contributed by atoms with Crippen LogP contribution < -0.4 is 5.32 Å². The van der Waals surface area contributed by atoms with Gasteiger partial charge in [-0.3, -0.25) is 4.68 Å². The maximum atomic E-state index is 4.37. The third-order valence-electron chi connectivity index (χ3n) is 2.69. The normalized spacial score (nSPS) is 11.4. The van der Waals surface area contributed by atoms with Gasteiger partial charge < -0.3 is 5.32 Å². The van der Waals surface area contributed by atoms with Crippen molar-refractivity contribution in [1.29, 1.82) is 0 Å². The molecule has 0 amide bonds. The van der Waals surface area contributed by atoms with Crippen LogP contribution in [-0.2, 0) is 13.6 Å². The van der Waals surface area contributed by atoms with Crippen molar-refractivity contribution >= 4 is 15.9 Å². The maximum absolute atomic E-state index is 4.37. The highest BCUT2D eigenvalue weighted by Gasteiger charge is 2.09. The molecule has 0 aliphatic heterocycles. The number of hydrogen-bond donors (Lipinski definition) is 1. The fourth-order valence-corrected chi connectivity index (χ4v) is 2.19. The molecule has 0 unspecified atom stereocenters. The third kappa shape index (κ3) is 3.91. The Morgan fingerprint density at radius 3 is 2.62 bits per heavy atom. The highest BCUT2D eigenvalue weighted by Crippen LogP contribution is 2.19. The molecule has 1 N–H and O–H groups in total. The fraction of sp³-hybridized carbons (Fsp3) is 0.750. The molecule has 16 heavy (non-hydrogen) atoms. The first-order valence-corrected chi connectivity index (χ1v) is 6.70. The molecule has 3 nitrogen and oxygen atoms in total. The van der Waals surface area contributed by atoms with Crippen LogP contribution in [0.1, 0.15) is 38.1 Å². The molecule has 92 valence electrons. The first kappa shape index (κ1) is 13.7. The molecule has 0 aliphatic rings. The average molecular weight is 288 g/mol. The minimum absolute atomic E-state index is 0.799. The van der Waals surface area contributed by atoms with Gasteiger partial charge in [0, 0.05) is 13.6 Å². The summed E-state index contributed by atoms with van der Waals surface area (Å²) >= 11 is 3.57. The van der Waals surface area contributed by atoms with Crippen molar-refractivity contribution < 1.29 is 0 Å². The largest absolute Gasteiger partial charge is 0.311 e. The molecule has 1 rings (SSSR count). The van der Waals surface area contributed by atoms with E-state index < -0.39 is 0 Å². The van der Waals surface area contributed by atoms with E-state index in [-0.39, 0.29) is 0 Å². The van der Waals surface area contributed by atoms with E-state index in [9.17, 15) is 0 Å². The quantitative estimate of drug-likeness (QED) is 0.815. The van der Waals surface area contributed by atoms with Gasteiger partial charge in [-0.15, -0.1) is 0 Å². The second kappa shape index (κ2) is 6.40. The highest BCUT2D eigenvalue weighted by molar-refractivity contribution is 9.10. The molecule has 1 aromatic rings. The molecule has 0 fully saturated rings. The van der Waals surface area contributed by atoms with E-state index in [1.54, 1.807) is 0 Å². The zero-order valence-corrected chi connectivity index (χ0v) is 12.3. The number of nitrogens with one attached hydrogen (secondary N) is 1. The Hall–Kier alpha value is -0.350. The van der Waals surface area contributed by atoms with Crippen LogP contribution in [0, 0.1) is 12.8 Å². The second-order valence-corrected chi connectivity index (χ2v) is 5.48. The summed E-state index contributed by atoms with van der Waals surface area (Å²) in [6.45, 7) is 8.51. The van der Waals surface area contributed by atoms with Crippen LogP contribution in [0.4, 0.5) is 0 Å². The molecule has 0 aliphatic carbocycles. The van der Waals surface area contributed by atoms with Gasteiger partial charge in [0.15, 0.2) is 0 Å². The zero-order chi connectivity index (χ0) is 12.1. The van der Waals surface area contributed by atoms with E-state index in [1.165, 1.54) is 18.5 Å². The van der Waals surface area contributed by atoms with E-state index in [4.69, 9.17) is 0 Å². The second-order valence-electron chi connectivity index (χ2n) is 4.68. The van der Waals surface area contributed by atoms with Crippen LogP contribution in [0.25, 0.3) is 0 Å². The molecule has 0 radical (unpaired) electrons. The maximum Gasteiger partial charge on any atom is 0.0739 e. The SMILES string of the molecule is Cc1nn(C)c(CNCCCC(C)C)c1Br. The molecular weight excluding hydrogens is 266 g/mol. The molecule has 1 aromatic heterocycles. The van der Waals surface area contributed by atoms with Crippen molar-refractivity contribution in [3.8, 4) is 0 Å². The number of aryl methyl sites for hydroxylation is 2. The molecule has 0 saturated heterocycles. The monoisotopic (exact) mass is 287 g/mol. The number of halogens is 1. The molecule has 0 saturated carbocycles. The Kier molecular flexibility index (Phi) is 5.49. The van der Waals surface area contributed by atoms with Gasteiger partial charge >= 0.3 is 0 Å². The molecule has 4 heteroatoms. The summed E-state index contributed by atoms with van der Waals surface area (Å²) in [6.07, 6.45) is 2.53. The molecule has 0 atom stereocenters. The van der Waals surface area contributed by atoms with Gasteiger partial charge in [0.2, 0.25) is 0 Å². The van der Waals surface area contributed by atoms with Gasteiger partial charge in [0.25, 0.3) is 0 Å². The predicted octanol–water partition coefficient (Wildman–Crippen LogP) is 3.02. The topological polar surface area (TPSA) is 29.9 Å². The lowest BCUT2D eigenvalue weighted by molar-refractivity contribution is 0.520. The zero-order valence-electron chi connectivity index (χ0n) is 10.7. The summed E-state index contributed by atoms with van der Waals surface area (Å²) in [5.74, 6) is 0.799. The summed E-state index contributed by atoms with van der Waals surface area (Å²) in [5.41, 5.74) is 2.28. The fourth-order valence-electron chi connectivity index (χ4n) is 1.71. The molecule has 0 aromatic carbocycles. The Balaban J connectivity index is 2.32. The number of aromatic nitrogens is 2. The van der Waals surface area contributed by atoms with Gasteiger partial charge in [0.05, 0.1) is 15.9 Å². The average Bonchev–Trinajstić information content (AvgIpc) is 2.43. The van der Waals surface area contributed by atoms with Crippen molar-refractivity contribution in [2.75, 3.05) is 6.54 Å². The van der Waals surface area contributed by atoms with Gasteiger partial charge in [0.1, 0.15) is 0 Å². The van der Waals surface area contributed by atoms with Crippen molar-refractivity contribution in [3.63, 3.8) is 0 Å². The Morgan fingerprint density at radius 2 is 2.12 bits per heavy atom. The van der Waals surface area contributed by atoms with Crippen molar-refractivity contribution in [2.24, 2.45) is 13.0 Å². The van der Waals surface area contributed by atoms with E-state index in [0.717, 1.165) is 29.2 Å². The Labute approximate surface area is 107 Å². The lowest BCUT2D eigenvalue weighted by atomic mass is 10.1. The molecule has 0 spiro atoms. The summed E-state index contributed by atoms with van der Waals surface area (Å²) in [5, 5.41) is 7.83. The van der Waals surface area contributed by atoms with Crippen LogP contribution in [-0.4, -0.2) is 16.3 Å². The summed E-state index contributed by atoms with van der Waals surface area (Å²) < 4.78 is 3.07. The highest BCUT2D eigenvalue weighted by atomic mass is 79.9. The van der Waals surface area contributed by atoms with Gasteiger partial charge in [-0.05, 0) is 48.2 Å². The lowest BCUT2D eigenvalue weighted by Crippen LogP contribution is -2.17. The van der Waals surface area contributed by atoms with Crippen molar-refractivity contribution in [1.82, 2.24) is 15.1 Å². The van der Waals surface area contributed by atoms with E-state index in [2.05, 4.69) is 40.2 Å².